The summed E-state index contributed by atoms with van der Waals surface area (Å²) < 4.78 is 0. The highest BCUT2D eigenvalue weighted by atomic mass is 16.4. The second kappa shape index (κ2) is 5.48. The zero-order valence-corrected chi connectivity index (χ0v) is 10.9. The van der Waals surface area contributed by atoms with E-state index < -0.39 is 5.97 Å². The van der Waals surface area contributed by atoms with Crippen LogP contribution in [0.25, 0.3) is 0 Å². The van der Waals surface area contributed by atoms with Crippen molar-refractivity contribution in [2.75, 3.05) is 11.4 Å². The van der Waals surface area contributed by atoms with E-state index in [1.54, 1.807) is 6.92 Å². The Labute approximate surface area is 111 Å². The first-order chi connectivity index (χ1) is 9.11. The number of hydrogen-bond donors (Lipinski definition) is 1. The average molecular weight is 257 g/mol. The molecule has 2 rings (SSSR count). The van der Waals surface area contributed by atoms with Crippen LogP contribution < -0.4 is 4.90 Å². The highest BCUT2D eigenvalue weighted by Crippen LogP contribution is 2.21. The van der Waals surface area contributed by atoms with Crippen LogP contribution >= 0.6 is 0 Å². The third kappa shape index (κ3) is 2.88. The van der Waals surface area contributed by atoms with Crippen LogP contribution in [0.5, 0.6) is 0 Å². The van der Waals surface area contributed by atoms with E-state index in [1.807, 2.05) is 42.2 Å². The van der Waals surface area contributed by atoms with Gasteiger partial charge in [-0.1, -0.05) is 18.2 Å². The minimum absolute atomic E-state index is 0.0110. The van der Waals surface area contributed by atoms with E-state index >= 15 is 0 Å². The van der Waals surface area contributed by atoms with Crippen molar-refractivity contribution in [1.82, 2.24) is 9.97 Å². The lowest BCUT2D eigenvalue weighted by molar-refractivity contribution is 0.0690. The van der Waals surface area contributed by atoms with Crippen molar-refractivity contribution in [2.45, 2.75) is 13.8 Å². The van der Waals surface area contributed by atoms with E-state index in [9.17, 15) is 4.79 Å². The molecule has 5 nitrogen and oxygen atoms in total. The van der Waals surface area contributed by atoms with Crippen molar-refractivity contribution in [1.29, 1.82) is 0 Å². The lowest BCUT2D eigenvalue weighted by Crippen LogP contribution is -2.20. The summed E-state index contributed by atoms with van der Waals surface area (Å²) in [6.07, 6.45) is 0. The van der Waals surface area contributed by atoms with E-state index in [-0.39, 0.29) is 5.69 Å². The lowest BCUT2D eigenvalue weighted by Gasteiger charge is -2.21. The molecule has 1 aromatic heterocycles. The predicted octanol–water partition coefficient (Wildman–Crippen LogP) is 2.64. The normalized spacial score (nSPS) is 10.2. The van der Waals surface area contributed by atoms with Crippen molar-refractivity contribution >= 4 is 17.6 Å². The monoisotopic (exact) mass is 257 g/mol. The molecule has 0 atom stereocenters. The minimum Gasteiger partial charge on any atom is -0.477 e. The van der Waals surface area contributed by atoms with Gasteiger partial charge in [-0.05, 0) is 32.0 Å². The zero-order valence-electron chi connectivity index (χ0n) is 10.9. The summed E-state index contributed by atoms with van der Waals surface area (Å²) in [6.45, 7) is 4.39. The Kier molecular flexibility index (Phi) is 3.75. The van der Waals surface area contributed by atoms with Crippen LogP contribution in [0.15, 0.2) is 36.4 Å². The Morgan fingerprint density at radius 1 is 1.26 bits per heavy atom. The van der Waals surface area contributed by atoms with Crippen LogP contribution in [-0.2, 0) is 0 Å². The van der Waals surface area contributed by atoms with Crippen LogP contribution in [0.1, 0.15) is 23.1 Å². The van der Waals surface area contributed by atoms with E-state index in [2.05, 4.69) is 9.97 Å². The standard InChI is InChI=1S/C14H15N3O2/c1-3-17(11-7-5-4-6-8-11)14-15-10(2)9-12(16-14)13(18)19/h4-9H,3H2,1-2H3,(H,18,19). The molecule has 2 aromatic rings. The SMILES string of the molecule is CCN(c1ccccc1)c1nc(C)cc(C(=O)O)n1. The predicted molar refractivity (Wildman–Crippen MR) is 72.9 cm³/mol. The molecule has 5 heteroatoms. The van der Waals surface area contributed by atoms with Gasteiger partial charge in [-0.2, -0.15) is 0 Å². The van der Waals surface area contributed by atoms with Crippen molar-refractivity contribution in [3.05, 3.63) is 47.8 Å². The van der Waals surface area contributed by atoms with Crippen LogP contribution in [0.2, 0.25) is 0 Å². The van der Waals surface area contributed by atoms with Gasteiger partial charge in [0, 0.05) is 17.9 Å². The summed E-state index contributed by atoms with van der Waals surface area (Å²) in [5.41, 5.74) is 1.58. The number of benzene rings is 1. The Hall–Kier alpha value is -2.43. The highest BCUT2D eigenvalue weighted by Gasteiger charge is 2.14. The first-order valence-electron chi connectivity index (χ1n) is 6.03. The summed E-state index contributed by atoms with van der Waals surface area (Å²) in [4.78, 5) is 21.3. The molecule has 0 aliphatic heterocycles. The first-order valence-corrected chi connectivity index (χ1v) is 6.03. The van der Waals surface area contributed by atoms with Gasteiger partial charge in [-0.25, -0.2) is 14.8 Å². The molecule has 1 aromatic carbocycles. The van der Waals surface area contributed by atoms with Gasteiger partial charge in [-0.15, -0.1) is 0 Å². The van der Waals surface area contributed by atoms with Gasteiger partial charge in [0.05, 0.1) is 0 Å². The fourth-order valence-electron chi connectivity index (χ4n) is 1.83. The third-order valence-corrected chi connectivity index (χ3v) is 2.69. The molecule has 0 aliphatic rings. The smallest absolute Gasteiger partial charge is 0.354 e. The number of carbonyl (C=O) groups is 1. The number of nitrogens with zero attached hydrogens (tertiary/aromatic N) is 3. The number of carboxylic acid groups (broad SMARTS) is 1. The summed E-state index contributed by atoms with van der Waals surface area (Å²) in [7, 11) is 0. The van der Waals surface area contributed by atoms with Crippen molar-refractivity contribution in [3.8, 4) is 0 Å². The molecule has 0 spiro atoms. The Morgan fingerprint density at radius 3 is 2.53 bits per heavy atom. The quantitative estimate of drug-likeness (QED) is 0.912. The van der Waals surface area contributed by atoms with E-state index in [0.717, 1.165) is 5.69 Å². The molecule has 0 unspecified atom stereocenters. The maximum Gasteiger partial charge on any atom is 0.354 e. The summed E-state index contributed by atoms with van der Waals surface area (Å²) in [6, 6.07) is 11.1. The maximum absolute atomic E-state index is 11.0. The van der Waals surface area contributed by atoms with Crippen molar-refractivity contribution < 1.29 is 9.90 Å². The van der Waals surface area contributed by atoms with Crippen LogP contribution in [0.3, 0.4) is 0 Å². The van der Waals surface area contributed by atoms with Crippen molar-refractivity contribution in [2.24, 2.45) is 0 Å². The van der Waals surface area contributed by atoms with E-state index in [1.165, 1.54) is 6.07 Å². The van der Waals surface area contributed by atoms with Gasteiger partial charge in [0.1, 0.15) is 0 Å². The molecule has 0 saturated carbocycles. The van der Waals surface area contributed by atoms with E-state index in [0.29, 0.717) is 18.2 Å². The molecule has 0 aliphatic carbocycles. The molecule has 0 bridgehead atoms. The van der Waals surface area contributed by atoms with Gasteiger partial charge in [-0.3, -0.25) is 0 Å². The number of rotatable bonds is 4. The second-order valence-electron chi connectivity index (χ2n) is 4.08. The van der Waals surface area contributed by atoms with Gasteiger partial charge in [0.2, 0.25) is 5.95 Å². The second-order valence-corrected chi connectivity index (χ2v) is 4.08. The van der Waals surface area contributed by atoms with E-state index in [4.69, 9.17) is 5.11 Å². The molecule has 19 heavy (non-hydrogen) atoms. The van der Waals surface area contributed by atoms with Crippen LogP contribution in [0, 0.1) is 6.92 Å². The topological polar surface area (TPSA) is 66.3 Å². The Morgan fingerprint density at radius 2 is 1.95 bits per heavy atom. The average Bonchev–Trinajstić information content (AvgIpc) is 2.40. The number of aromatic carboxylic acids is 1. The molecule has 1 heterocycles. The largest absolute Gasteiger partial charge is 0.477 e. The number of carboxylic acids is 1. The number of para-hydroxylation sites is 1. The molecule has 1 N–H and O–H groups in total. The third-order valence-electron chi connectivity index (χ3n) is 2.69. The summed E-state index contributed by atoms with van der Waals surface area (Å²) >= 11 is 0. The van der Waals surface area contributed by atoms with Crippen LogP contribution in [0.4, 0.5) is 11.6 Å². The molecule has 0 saturated heterocycles. The summed E-state index contributed by atoms with van der Waals surface area (Å²) in [5.74, 6) is -0.637. The van der Waals surface area contributed by atoms with Gasteiger partial charge in [0.15, 0.2) is 5.69 Å². The lowest BCUT2D eigenvalue weighted by atomic mass is 10.3. The molecule has 0 amide bonds. The summed E-state index contributed by atoms with van der Waals surface area (Å²) in [5, 5.41) is 9.05. The number of anilines is 2. The van der Waals surface area contributed by atoms with Gasteiger partial charge in [0.25, 0.3) is 0 Å². The fourth-order valence-corrected chi connectivity index (χ4v) is 1.83. The fraction of sp³-hybridized carbons (Fsp3) is 0.214. The molecular formula is C14H15N3O2. The van der Waals surface area contributed by atoms with Crippen LogP contribution in [-0.4, -0.2) is 27.6 Å². The van der Waals surface area contributed by atoms with Gasteiger partial charge >= 0.3 is 5.97 Å². The van der Waals surface area contributed by atoms with Gasteiger partial charge < -0.3 is 10.0 Å². The van der Waals surface area contributed by atoms with Crippen molar-refractivity contribution in [3.63, 3.8) is 0 Å². The first kappa shape index (κ1) is 13.0. The highest BCUT2D eigenvalue weighted by molar-refractivity contribution is 5.85. The molecular weight excluding hydrogens is 242 g/mol. The maximum atomic E-state index is 11.0. The number of hydrogen-bond acceptors (Lipinski definition) is 4. The Bertz CT molecular complexity index is 584. The molecule has 0 radical (unpaired) electrons. The number of aryl methyl sites for hydroxylation is 1. The number of aromatic nitrogens is 2. The zero-order chi connectivity index (χ0) is 13.8. The Balaban J connectivity index is 2.47. The molecule has 0 fully saturated rings. The molecule has 98 valence electrons. The minimum atomic E-state index is -1.05.